The molecular formula is C24H27N3O2. The molecule has 0 saturated heterocycles. The average molecular weight is 389 g/mol. The van der Waals surface area contributed by atoms with Gasteiger partial charge in [-0.25, -0.2) is 9.97 Å². The van der Waals surface area contributed by atoms with Gasteiger partial charge in [0.1, 0.15) is 5.75 Å². The van der Waals surface area contributed by atoms with Crippen molar-refractivity contribution in [2.24, 2.45) is 0 Å². The topological polar surface area (TPSA) is 64.1 Å². The Morgan fingerprint density at radius 3 is 2.24 bits per heavy atom. The number of benzene rings is 2. The van der Waals surface area contributed by atoms with Crippen LogP contribution in [-0.4, -0.2) is 28.0 Å². The highest BCUT2D eigenvalue weighted by molar-refractivity contribution is 5.93. The quantitative estimate of drug-likeness (QED) is 0.607. The van der Waals surface area contributed by atoms with Crippen LogP contribution in [0.3, 0.4) is 0 Å². The number of rotatable bonds is 8. The van der Waals surface area contributed by atoms with Crippen LogP contribution in [0.25, 0.3) is 11.4 Å². The highest BCUT2D eigenvalue weighted by Crippen LogP contribution is 2.16. The third kappa shape index (κ3) is 6.14. The number of carbonyl (C=O) groups excluding carboxylic acids is 1. The molecule has 3 rings (SSSR count). The van der Waals surface area contributed by atoms with E-state index in [4.69, 9.17) is 4.74 Å². The second-order valence-electron chi connectivity index (χ2n) is 7.39. The lowest BCUT2D eigenvalue weighted by Crippen LogP contribution is -2.33. The molecule has 1 unspecified atom stereocenters. The Morgan fingerprint density at radius 2 is 1.62 bits per heavy atom. The lowest BCUT2D eigenvalue weighted by molar-refractivity contribution is 0.0937. The average Bonchev–Trinajstić information content (AvgIpc) is 2.73. The number of aromatic nitrogens is 2. The summed E-state index contributed by atoms with van der Waals surface area (Å²) >= 11 is 0. The van der Waals surface area contributed by atoms with E-state index in [0.29, 0.717) is 11.4 Å². The maximum absolute atomic E-state index is 12.5. The van der Waals surface area contributed by atoms with Crippen LogP contribution in [0.1, 0.15) is 43.1 Å². The fourth-order valence-corrected chi connectivity index (χ4v) is 2.95. The summed E-state index contributed by atoms with van der Waals surface area (Å²) < 4.78 is 5.66. The van der Waals surface area contributed by atoms with Crippen molar-refractivity contribution in [1.29, 1.82) is 0 Å². The number of nitrogens with one attached hydrogen (secondary N) is 1. The van der Waals surface area contributed by atoms with Crippen LogP contribution in [0.5, 0.6) is 5.75 Å². The van der Waals surface area contributed by atoms with Crippen molar-refractivity contribution in [3.05, 3.63) is 78.1 Å². The fraction of sp³-hybridized carbons (Fsp3) is 0.292. The molecule has 0 radical (unpaired) electrons. The van der Waals surface area contributed by atoms with Gasteiger partial charge in [0.05, 0.1) is 11.7 Å². The van der Waals surface area contributed by atoms with Crippen molar-refractivity contribution in [2.45, 2.75) is 45.8 Å². The van der Waals surface area contributed by atoms with Crippen LogP contribution in [0.15, 0.2) is 67.0 Å². The van der Waals surface area contributed by atoms with E-state index in [1.807, 2.05) is 63.2 Å². The largest absolute Gasteiger partial charge is 0.491 e. The van der Waals surface area contributed by atoms with Gasteiger partial charge >= 0.3 is 0 Å². The molecule has 1 heterocycles. The molecule has 0 saturated carbocycles. The Bertz CT molecular complexity index is 907. The Balaban J connectivity index is 1.50. The number of hydrogen-bond acceptors (Lipinski definition) is 4. The molecule has 3 aromatic rings. The molecule has 1 N–H and O–H groups in total. The number of carbonyl (C=O) groups is 1. The fourth-order valence-electron chi connectivity index (χ4n) is 2.95. The first-order chi connectivity index (χ1) is 14.0. The summed E-state index contributed by atoms with van der Waals surface area (Å²) in [6.07, 6.45) is 5.04. The van der Waals surface area contributed by atoms with Gasteiger partial charge in [0, 0.05) is 24.0 Å². The number of aryl methyl sites for hydroxylation is 1. The lowest BCUT2D eigenvalue weighted by Gasteiger charge is -2.14. The molecule has 0 spiro atoms. The summed E-state index contributed by atoms with van der Waals surface area (Å²) in [5.74, 6) is 1.34. The summed E-state index contributed by atoms with van der Waals surface area (Å²) in [6, 6.07) is 17.9. The first-order valence-electron chi connectivity index (χ1n) is 9.95. The van der Waals surface area contributed by atoms with Crippen molar-refractivity contribution in [2.75, 3.05) is 0 Å². The summed E-state index contributed by atoms with van der Waals surface area (Å²) in [5, 5.41) is 3.02. The van der Waals surface area contributed by atoms with Crippen molar-refractivity contribution in [3.8, 4) is 17.1 Å². The van der Waals surface area contributed by atoms with Crippen LogP contribution in [0.4, 0.5) is 0 Å². The van der Waals surface area contributed by atoms with Crippen molar-refractivity contribution in [3.63, 3.8) is 0 Å². The third-order valence-electron chi connectivity index (χ3n) is 4.48. The van der Waals surface area contributed by atoms with Crippen LogP contribution >= 0.6 is 0 Å². The van der Waals surface area contributed by atoms with Crippen LogP contribution in [-0.2, 0) is 6.42 Å². The first-order valence-corrected chi connectivity index (χ1v) is 9.95. The van der Waals surface area contributed by atoms with Gasteiger partial charge in [-0.05, 0) is 51.3 Å². The van der Waals surface area contributed by atoms with E-state index < -0.39 is 0 Å². The molecular weight excluding hydrogens is 362 g/mol. The molecule has 0 aliphatic rings. The SMILES string of the molecule is CC(CCc1ccc(OC(C)C)cc1)NC(=O)c1cnc(-c2ccccc2)nc1. The standard InChI is InChI=1S/C24H27N3O2/c1-17(2)29-22-13-11-19(12-14-22)10-9-18(3)27-24(28)21-15-25-23(26-16-21)20-7-5-4-6-8-20/h4-8,11-18H,9-10H2,1-3H3,(H,27,28). The van der Waals surface area contributed by atoms with Gasteiger partial charge < -0.3 is 10.1 Å². The van der Waals surface area contributed by atoms with Gasteiger partial charge in [-0.15, -0.1) is 0 Å². The van der Waals surface area contributed by atoms with Gasteiger partial charge in [-0.3, -0.25) is 4.79 Å². The van der Waals surface area contributed by atoms with E-state index in [1.54, 1.807) is 12.4 Å². The minimum absolute atomic E-state index is 0.0443. The smallest absolute Gasteiger partial charge is 0.254 e. The summed E-state index contributed by atoms with van der Waals surface area (Å²) in [4.78, 5) is 21.1. The summed E-state index contributed by atoms with van der Waals surface area (Å²) in [5.41, 5.74) is 2.61. The van der Waals surface area contributed by atoms with Crippen LogP contribution in [0, 0.1) is 0 Å². The molecule has 5 nitrogen and oxygen atoms in total. The minimum Gasteiger partial charge on any atom is -0.491 e. The molecule has 29 heavy (non-hydrogen) atoms. The van der Waals surface area contributed by atoms with Crippen LogP contribution < -0.4 is 10.1 Å². The normalized spacial score (nSPS) is 11.9. The Morgan fingerprint density at radius 1 is 0.966 bits per heavy atom. The third-order valence-corrected chi connectivity index (χ3v) is 4.48. The highest BCUT2D eigenvalue weighted by atomic mass is 16.5. The zero-order valence-corrected chi connectivity index (χ0v) is 17.1. The number of ether oxygens (including phenoxy) is 1. The highest BCUT2D eigenvalue weighted by Gasteiger charge is 2.12. The van der Waals surface area contributed by atoms with E-state index in [9.17, 15) is 4.79 Å². The van der Waals surface area contributed by atoms with E-state index in [0.717, 1.165) is 24.2 Å². The molecule has 0 bridgehead atoms. The zero-order valence-electron chi connectivity index (χ0n) is 17.1. The Labute approximate surface area is 172 Å². The van der Waals surface area contributed by atoms with Gasteiger partial charge in [-0.1, -0.05) is 42.5 Å². The molecule has 2 aromatic carbocycles. The zero-order chi connectivity index (χ0) is 20.6. The molecule has 1 atom stereocenters. The molecule has 0 aliphatic carbocycles. The van der Waals surface area contributed by atoms with Crippen molar-refractivity contribution in [1.82, 2.24) is 15.3 Å². The van der Waals surface area contributed by atoms with Gasteiger partial charge in [-0.2, -0.15) is 0 Å². The summed E-state index contributed by atoms with van der Waals surface area (Å²) in [6.45, 7) is 6.03. The molecule has 1 aromatic heterocycles. The lowest BCUT2D eigenvalue weighted by atomic mass is 10.1. The monoisotopic (exact) mass is 389 g/mol. The van der Waals surface area contributed by atoms with E-state index in [1.165, 1.54) is 5.56 Å². The Hall–Kier alpha value is -3.21. The number of amides is 1. The molecule has 1 amide bonds. The maximum atomic E-state index is 12.5. The van der Waals surface area contributed by atoms with E-state index in [-0.39, 0.29) is 18.1 Å². The summed E-state index contributed by atoms with van der Waals surface area (Å²) in [7, 11) is 0. The minimum atomic E-state index is -0.155. The second-order valence-corrected chi connectivity index (χ2v) is 7.39. The van der Waals surface area contributed by atoms with Gasteiger partial charge in [0.15, 0.2) is 5.82 Å². The van der Waals surface area contributed by atoms with E-state index >= 15 is 0 Å². The van der Waals surface area contributed by atoms with Crippen molar-refractivity contribution < 1.29 is 9.53 Å². The maximum Gasteiger partial charge on any atom is 0.254 e. The number of hydrogen-bond donors (Lipinski definition) is 1. The van der Waals surface area contributed by atoms with Crippen LogP contribution in [0.2, 0.25) is 0 Å². The predicted molar refractivity (Wildman–Crippen MR) is 115 cm³/mol. The van der Waals surface area contributed by atoms with Gasteiger partial charge in [0.25, 0.3) is 5.91 Å². The van der Waals surface area contributed by atoms with Gasteiger partial charge in [0.2, 0.25) is 0 Å². The predicted octanol–water partition coefficient (Wildman–Crippen LogP) is 4.68. The second kappa shape index (κ2) is 9.82. The molecule has 0 aliphatic heterocycles. The molecule has 150 valence electrons. The molecule has 0 fully saturated rings. The Kier molecular flexibility index (Phi) is 6.95. The first kappa shape index (κ1) is 20.5. The number of nitrogens with zero attached hydrogens (tertiary/aromatic N) is 2. The van der Waals surface area contributed by atoms with E-state index in [2.05, 4.69) is 27.4 Å². The van der Waals surface area contributed by atoms with Crippen molar-refractivity contribution >= 4 is 5.91 Å². The molecule has 5 heteroatoms.